The van der Waals surface area contributed by atoms with Gasteiger partial charge >= 0.3 is 0 Å². The average molecular weight is 398 g/mol. The number of benzene rings is 1. The average Bonchev–Trinajstić information content (AvgIpc) is 3.46. The summed E-state index contributed by atoms with van der Waals surface area (Å²) < 4.78 is 11.0. The van der Waals surface area contributed by atoms with Gasteiger partial charge in [-0.05, 0) is 48.9 Å². The lowest BCUT2D eigenvalue weighted by Crippen LogP contribution is -2.36. The summed E-state index contributed by atoms with van der Waals surface area (Å²) in [6.07, 6.45) is 3.73. The molecule has 0 saturated carbocycles. The SMILES string of the molecule is CC(NCC(=O)N1N=C(c2ccco2)CC1c1ccco1)c1cccc(Cl)c1. The molecule has 0 bridgehead atoms. The summed E-state index contributed by atoms with van der Waals surface area (Å²) in [5.41, 5.74) is 1.74. The molecule has 1 N–H and O–H groups in total. The number of nitrogens with one attached hydrogen (secondary N) is 1. The number of halogens is 1. The molecule has 0 aliphatic carbocycles. The zero-order valence-electron chi connectivity index (χ0n) is 15.3. The second kappa shape index (κ2) is 8.04. The molecule has 0 radical (unpaired) electrons. The summed E-state index contributed by atoms with van der Waals surface area (Å²) in [5, 5.41) is 9.91. The maximum absolute atomic E-state index is 12.9. The Balaban J connectivity index is 1.48. The molecule has 0 fully saturated rings. The lowest BCUT2D eigenvalue weighted by Gasteiger charge is -2.21. The summed E-state index contributed by atoms with van der Waals surface area (Å²) in [4.78, 5) is 12.9. The van der Waals surface area contributed by atoms with Crippen LogP contribution in [0.1, 0.15) is 42.5 Å². The van der Waals surface area contributed by atoms with Crippen LogP contribution in [0.15, 0.2) is 75.0 Å². The third-order valence-corrected chi connectivity index (χ3v) is 4.99. The van der Waals surface area contributed by atoms with Crippen LogP contribution in [0.4, 0.5) is 0 Å². The van der Waals surface area contributed by atoms with Gasteiger partial charge in [-0.15, -0.1) is 0 Å². The molecule has 4 rings (SSSR count). The van der Waals surface area contributed by atoms with Crippen LogP contribution in [-0.4, -0.2) is 23.2 Å². The lowest BCUT2D eigenvalue weighted by atomic mass is 10.1. The first-order valence-electron chi connectivity index (χ1n) is 9.07. The molecule has 144 valence electrons. The molecule has 1 aliphatic rings. The number of furan rings is 2. The molecular weight excluding hydrogens is 378 g/mol. The Kier molecular flexibility index (Phi) is 5.32. The molecule has 0 saturated heterocycles. The first kappa shape index (κ1) is 18.5. The Bertz CT molecular complexity index is 967. The zero-order valence-corrected chi connectivity index (χ0v) is 16.1. The van der Waals surface area contributed by atoms with Gasteiger partial charge in [0.1, 0.15) is 23.3 Å². The van der Waals surface area contributed by atoms with E-state index < -0.39 is 0 Å². The summed E-state index contributed by atoms with van der Waals surface area (Å²) in [6, 6.07) is 14.6. The normalized spacial score (nSPS) is 17.6. The third-order valence-electron chi connectivity index (χ3n) is 4.75. The van der Waals surface area contributed by atoms with Gasteiger partial charge in [0, 0.05) is 17.5 Å². The predicted octanol–water partition coefficient (Wildman–Crippen LogP) is 4.55. The van der Waals surface area contributed by atoms with Crippen LogP contribution < -0.4 is 5.32 Å². The maximum Gasteiger partial charge on any atom is 0.257 e. The van der Waals surface area contributed by atoms with Crippen molar-refractivity contribution in [1.29, 1.82) is 0 Å². The molecule has 2 atom stereocenters. The highest BCUT2D eigenvalue weighted by Crippen LogP contribution is 2.33. The third kappa shape index (κ3) is 3.88. The van der Waals surface area contributed by atoms with Gasteiger partial charge in [0.15, 0.2) is 0 Å². The molecule has 1 amide bonds. The standard InChI is InChI=1S/C21H20ClN3O3/c1-14(15-5-2-6-16(22)11-15)23-13-21(26)25-18(20-8-4-10-28-20)12-17(24-25)19-7-3-9-27-19/h2-11,14,18,23H,12-13H2,1H3. The maximum atomic E-state index is 12.9. The largest absolute Gasteiger partial charge is 0.467 e. The van der Waals surface area contributed by atoms with Crippen molar-refractivity contribution in [3.8, 4) is 0 Å². The molecule has 28 heavy (non-hydrogen) atoms. The molecule has 1 aliphatic heterocycles. The first-order valence-corrected chi connectivity index (χ1v) is 9.45. The minimum atomic E-state index is -0.286. The summed E-state index contributed by atoms with van der Waals surface area (Å²) in [7, 11) is 0. The van der Waals surface area contributed by atoms with E-state index in [2.05, 4.69) is 10.4 Å². The van der Waals surface area contributed by atoms with Gasteiger partial charge in [0.25, 0.3) is 5.91 Å². The number of carbonyl (C=O) groups excluding carboxylic acids is 1. The van der Waals surface area contributed by atoms with E-state index >= 15 is 0 Å². The summed E-state index contributed by atoms with van der Waals surface area (Å²) in [5.74, 6) is 1.21. The van der Waals surface area contributed by atoms with E-state index in [9.17, 15) is 4.79 Å². The van der Waals surface area contributed by atoms with Gasteiger partial charge in [-0.25, -0.2) is 5.01 Å². The molecule has 2 aromatic heterocycles. The highest BCUT2D eigenvalue weighted by molar-refractivity contribution is 6.30. The fraction of sp³-hybridized carbons (Fsp3) is 0.238. The molecule has 6 nitrogen and oxygen atoms in total. The van der Waals surface area contributed by atoms with Crippen LogP contribution in [0.2, 0.25) is 5.02 Å². The topological polar surface area (TPSA) is 71.0 Å². The van der Waals surface area contributed by atoms with Gasteiger partial charge in [-0.2, -0.15) is 5.10 Å². The van der Waals surface area contributed by atoms with Crippen LogP contribution in [0.25, 0.3) is 0 Å². The molecule has 3 heterocycles. The molecule has 7 heteroatoms. The van der Waals surface area contributed by atoms with Crippen LogP contribution >= 0.6 is 11.6 Å². The predicted molar refractivity (Wildman–Crippen MR) is 106 cm³/mol. The number of rotatable bonds is 6. The first-order chi connectivity index (χ1) is 13.6. The van der Waals surface area contributed by atoms with Gasteiger partial charge in [-0.3, -0.25) is 4.79 Å². The Morgan fingerprint density at radius 3 is 2.79 bits per heavy atom. The van der Waals surface area contributed by atoms with Gasteiger partial charge in [-0.1, -0.05) is 23.7 Å². The van der Waals surface area contributed by atoms with E-state index in [1.54, 1.807) is 18.6 Å². The minimum absolute atomic E-state index is 0.0270. The molecule has 2 unspecified atom stereocenters. The van der Waals surface area contributed by atoms with Gasteiger partial charge in [0.2, 0.25) is 0 Å². The number of hydrogen-bond donors (Lipinski definition) is 1. The fourth-order valence-electron chi connectivity index (χ4n) is 3.25. The van der Waals surface area contributed by atoms with E-state index in [0.717, 1.165) is 11.3 Å². The van der Waals surface area contributed by atoms with Crippen molar-refractivity contribution in [2.75, 3.05) is 6.54 Å². The van der Waals surface area contributed by atoms with Crippen molar-refractivity contribution in [3.63, 3.8) is 0 Å². The Morgan fingerprint density at radius 1 is 1.25 bits per heavy atom. The minimum Gasteiger partial charge on any atom is -0.467 e. The van der Waals surface area contributed by atoms with E-state index in [1.165, 1.54) is 5.01 Å². The zero-order chi connectivity index (χ0) is 19.5. The van der Waals surface area contributed by atoms with Crippen molar-refractivity contribution in [3.05, 3.63) is 83.2 Å². The Labute approximate surface area is 167 Å². The van der Waals surface area contributed by atoms with Crippen molar-refractivity contribution < 1.29 is 13.6 Å². The van der Waals surface area contributed by atoms with Crippen LogP contribution in [0.3, 0.4) is 0 Å². The van der Waals surface area contributed by atoms with Crippen molar-refractivity contribution in [2.45, 2.75) is 25.4 Å². The second-order valence-electron chi connectivity index (χ2n) is 6.66. The van der Waals surface area contributed by atoms with Gasteiger partial charge in [0.05, 0.1) is 19.1 Å². The molecule has 3 aromatic rings. The quantitative estimate of drug-likeness (QED) is 0.662. The van der Waals surface area contributed by atoms with Crippen molar-refractivity contribution >= 4 is 23.2 Å². The van der Waals surface area contributed by atoms with Crippen LogP contribution in [0.5, 0.6) is 0 Å². The number of nitrogens with zero attached hydrogens (tertiary/aromatic N) is 2. The summed E-state index contributed by atoms with van der Waals surface area (Å²) in [6.45, 7) is 2.13. The molecular formula is C21H20ClN3O3. The van der Waals surface area contributed by atoms with Crippen LogP contribution in [0, 0.1) is 0 Å². The van der Waals surface area contributed by atoms with Crippen molar-refractivity contribution in [2.24, 2.45) is 5.10 Å². The highest BCUT2D eigenvalue weighted by atomic mass is 35.5. The Hall–Kier alpha value is -2.83. The Morgan fingerprint density at radius 2 is 2.07 bits per heavy atom. The second-order valence-corrected chi connectivity index (χ2v) is 7.09. The van der Waals surface area contributed by atoms with Gasteiger partial charge < -0.3 is 14.2 Å². The fourth-order valence-corrected chi connectivity index (χ4v) is 3.45. The summed E-state index contributed by atoms with van der Waals surface area (Å²) >= 11 is 6.06. The van der Waals surface area contributed by atoms with E-state index in [0.29, 0.717) is 23.0 Å². The van der Waals surface area contributed by atoms with Crippen molar-refractivity contribution in [1.82, 2.24) is 10.3 Å². The van der Waals surface area contributed by atoms with E-state index in [1.807, 2.05) is 49.4 Å². The van der Waals surface area contributed by atoms with E-state index in [4.69, 9.17) is 20.4 Å². The van der Waals surface area contributed by atoms with E-state index in [-0.39, 0.29) is 24.5 Å². The molecule has 0 spiro atoms. The van der Waals surface area contributed by atoms with Crippen LogP contribution in [-0.2, 0) is 4.79 Å². The highest BCUT2D eigenvalue weighted by Gasteiger charge is 2.35. The number of carbonyl (C=O) groups is 1. The molecule has 1 aromatic carbocycles. The number of hydrazone groups is 1. The smallest absolute Gasteiger partial charge is 0.257 e. The lowest BCUT2D eigenvalue weighted by molar-refractivity contribution is -0.132. The number of hydrogen-bond acceptors (Lipinski definition) is 5. The monoisotopic (exact) mass is 397 g/mol. The number of amides is 1.